The van der Waals surface area contributed by atoms with Crippen LogP contribution in [0.15, 0.2) is 0 Å². The molecule has 5 nitrogen and oxygen atoms in total. The van der Waals surface area contributed by atoms with Gasteiger partial charge in [-0.25, -0.2) is 0 Å². The van der Waals surface area contributed by atoms with Gasteiger partial charge in [0, 0.05) is 26.2 Å². The maximum atomic E-state index is 11.8. The molecule has 0 heterocycles. The van der Waals surface area contributed by atoms with E-state index in [2.05, 4.69) is 18.6 Å². The Hall–Kier alpha value is -0.170. The monoisotopic (exact) mass is 266 g/mol. The van der Waals surface area contributed by atoms with Gasteiger partial charge in [-0.15, -0.1) is 0 Å². The Labute approximate surface area is 105 Å². The van der Waals surface area contributed by atoms with Crippen LogP contribution in [0.5, 0.6) is 0 Å². The smallest absolute Gasteiger partial charge is 0.279 e. The molecule has 0 bridgehead atoms. The van der Waals surface area contributed by atoms with Gasteiger partial charge in [0.1, 0.15) is 0 Å². The van der Waals surface area contributed by atoms with E-state index in [4.69, 9.17) is 5.11 Å². The third-order valence-electron chi connectivity index (χ3n) is 2.57. The number of hydrogen-bond donors (Lipinski definition) is 2. The van der Waals surface area contributed by atoms with Crippen LogP contribution in [0.1, 0.15) is 40.0 Å². The molecule has 1 unspecified atom stereocenters. The standard InChI is InChI=1S/C11H26N2O3S/c1-10(2)6-7-11(3)12-17(15,16)13(4)8-5-9-14/h10-12,14H,5-9H2,1-4H3. The molecule has 0 saturated heterocycles. The largest absolute Gasteiger partial charge is 0.396 e. The third kappa shape index (κ3) is 7.70. The van der Waals surface area contributed by atoms with Crippen molar-refractivity contribution in [1.29, 1.82) is 0 Å². The fourth-order valence-electron chi connectivity index (χ4n) is 1.40. The maximum absolute atomic E-state index is 11.8. The van der Waals surface area contributed by atoms with Gasteiger partial charge in [0.15, 0.2) is 0 Å². The van der Waals surface area contributed by atoms with E-state index in [0.717, 1.165) is 12.8 Å². The first kappa shape index (κ1) is 16.8. The average Bonchev–Trinajstić information content (AvgIpc) is 2.22. The number of rotatable bonds is 9. The first-order valence-electron chi connectivity index (χ1n) is 6.14. The zero-order valence-electron chi connectivity index (χ0n) is 11.3. The molecule has 0 fully saturated rings. The number of aliphatic hydroxyl groups is 1. The van der Waals surface area contributed by atoms with Crippen molar-refractivity contribution in [1.82, 2.24) is 9.03 Å². The molecule has 0 aromatic carbocycles. The fourth-order valence-corrected chi connectivity index (χ4v) is 2.58. The lowest BCUT2D eigenvalue weighted by atomic mass is 10.1. The summed E-state index contributed by atoms with van der Waals surface area (Å²) >= 11 is 0. The normalized spacial score (nSPS) is 14.5. The molecule has 2 N–H and O–H groups in total. The lowest BCUT2D eigenvalue weighted by molar-refractivity contribution is 0.275. The molecule has 0 aliphatic rings. The highest BCUT2D eigenvalue weighted by atomic mass is 32.2. The van der Waals surface area contributed by atoms with Crippen LogP contribution in [0.25, 0.3) is 0 Å². The summed E-state index contributed by atoms with van der Waals surface area (Å²) in [5.41, 5.74) is 0. The van der Waals surface area contributed by atoms with Crippen molar-refractivity contribution in [3.63, 3.8) is 0 Å². The lowest BCUT2D eigenvalue weighted by Gasteiger charge is -2.21. The summed E-state index contributed by atoms with van der Waals surface area (Å²) in [6, 6.07) is -0.0565. The quantitative estimate of drug-likeness (QED) is 0.653. The second-order valence-corrected chi connectivity index (χ2v) is 6.70. The molecule has 0 aromatic heterocycles. The highest BCUT2D eigenvalue weighted by molar-refractivity contribution is 7.87. The summed E-state index contributed by atoms with van der Waals surface area (Å²) in [6.07, 6.45) is 2.30. The highest BCUT2D eigenvalue weighted by Crippen LogP contribution is 2.08. The van der Waals surface area contributed by atoms with E-state index in [1.807, 2.05) is 6.92 Å². The van der Waals surface area contributed by atoms with Crippen LogP contribution in [0.3, 0.4) is 0 Å². The average molecular weight is 266 g/mol. The van der Waals surface area contributed by atoms with Gasteiger partial charge in [0.2, 0.25) is 0 Å². The molecule has 0 amide bonds. The minimum absolute atomic E-state index is 0.00274. The molecule has 0 radical (unpaired) electrons. The zero-order chi connectivity index (χ0) is 13.5. The second-order valence-electron chi connectivity index (χ2n) is 4.89. The van der Waals surface area contributed by atoms with Crippen molar-refractivity contribution in [2.24, 2.45) is 5.92 Å². The van der Waals surface area contributed by atoms with Gasteiger partial charge in [0.25, 0.3) is 10.2 Å². The van der Waals surface area contributed by atoms with Gasteiger partial charge < -0.3 is 5.11 Å². The molecular weight excluding hydrogens is 240 g/mol. The van der Waals surface area contributed by atoms with Crippen molar-refractivity contribution in [2.45, 2.75) is 46.1 Å². The molecule has 0 saturated carbocycles. The number of nitrogens with one attached hydrogen (secondary N) is 1. The first-order valence-corrected chi connectivity index (χ1v) is 7.58. The highest BCUT2D eigenvalue weighted by Gasteiger charge is 2.19. The minimum Gasteiger partial charge on any atom is -0.396 e. The summed E-state index contributed by atoms with van der Waals surface area (Å²) in [5, 5.41) is 8.67. The Morgan fingerprint density at radius 3 is 2.29 bits per heavy atom. The van der Waals surface area contributed by atoms with E-state index >= 15 is 0 Å². The topological polar surface area (TPSA) is 69.6 Å². The maximum Gasteiger partial charge on any atom is 0.279 e. The molecular formula is C11H26N2O3S. The van der Waals surface area contributed by atoms with Gasteiger partial charge in [0.05, 0.1) is 0 Å². The van der Waals surface area contributed by atoms with Crippen LogP contribution in [0.2, 0.25) is 0 Å². The van der Waals surface area contributed by atoms with Crippen molar-refractivity contribution in [2.75, 3.05) is 20.2 Å². The Balaban J connectivity index is 4.14. The van der Waals surface area contributed by atoms with Crippen molar-refractivity contribution < 1.29 is 13.5 Å². The molecule has 17 heavy (non-hydrogen) atoms. The van der Waals surface area contributed by atoms with E-state index in [9.17, 15) is 8.42 Å². The van der Waals surface area contributed by atoms with Crippen molar-refractivity contribution >= 4 is 10.2 Å². The SMILES string of the molecule is CC(C)CCC(C)NS(=O)(=O)N(C)CCCO. The summed E-state index contributed by atoms with van der Waals surface area (Å²) < 4.78 is 27.5. The minimum atomic E-state index is -3.41. The van der Waals surface area contributed by atoms with Crippen molar-refractivity contribution in [3.05, 3.63) is 0 Å². The molecule has 1 atom stereocenters. The Bertz CT molecular complexity index is 291. The van der Waals surface area contributed by atoms with Gasteiger partial charge in [-0.2, -0.15) is 17.4 Å². The predicted octanol–water partition coefficient (Wildman–Crippen LogP) is 0.960. The summed E-state index contributed by atoms with van der Waals surface area (Å²) in [6.45, 7) is 6.45. The molecule has 104 valence electrons. The summed E-state index contributed by atoms with van der Waals surface area (Å²) in [7, 11) is -1.89. The van der Waals surface area contributed by atoms with Crippen LogP contribution < -0.4 is 4.72 Å². The van der Waals surface area contributed by atoms with Crippen LogP contribution in [-0.2, 0) is 10.2 Å². The van der Waals surface area contributed by atoms with E-state index in [0.29, 0.717) is 18.9 Å². The summed E-state index contributed by atoms with van der Waals surface area (Å²) in [5.74, 6) is 0.578. The predicted molar refractivity (Wildman–Crippen MR) is 69.9 cm³/mol. The van der Waals surface area contributed by atoms with Gasteiger partial charge in [-0.1, -0.05) is 13.8 Å². The van der Waals surface area contributed by atoms with Crippen LogP contribution >= 0.6 is 0 Å². The number of hydrogen-bond acceptors (Lipinski definition) is 3. The number of aliphatic hydroxyl groups excluding tert-OH is 1. The first-order chi connectivity index (χ1) is 7.79. The summed E-state index contributed by atoms with van der Waals surface area (Å²) in [4.78, 5) is 0. The molecule has 0 aliphatic heterocycles. The van der Waals surface area contributed by atoms with Crippen molar-refractivity contribution in [3.8, 4) is 0 Å². The fraction of sp³-hybridized carbons (Fsp3) is 1.00. The third-order valence-corrected chi connectivity index (χ3v) is 4.27. The zero-order valence-corrected chi connectivity index (χ0v) is 12.1. The van der Waals surface area contributed by atoms with Crippen LogP contribution in [0.4, 0.5) is 0 Å². The molecule has 6 heteroatoms. The number of nitrogens with zero attached hydrogens (tertiary/aromatic N) is 1. The second kappa shape index (κ2) is 8.02. The Kier molecular flexibility index (Phi) is 7.94. The Morgan fingerprint density at radius 1 is 1.24 bits per heavy atom. The molecule has 0 aromatic rings. The van der Waals surface area contributed by atoms with E-state index < -0.39 is 10.2 Å². The lowest BCUT2D eigenvalue weighted by Crippen LogP contribution is -2.43. The molecule has 0 spiro atoms. The van der Waals surface area contributed by atoms with E-state index in [1.165, 1.54) is 11.4 Å². The molecule has 0 rings (SSSR count). The van der Waals surface area contributed by atoms with E-state index in [1.54, 1.807) is 0 Å². The van der Waals surface area contributed by atoms with Gasteiger partial charge in [-0.3, -0.25) is 0 Å². The van der Waals surface area contributed by atoms with Gasteiger partial charge in [-0.05, 0) is 32.1 Å². The molecule has 0 aliphatic carbocycles. The van der Waals surface area contributed by atoms with Crippen LogP contribution in [0, 0.1) is 5.92 Å². The van der Waals surface area contributed by atoms with Gasteiger partial charge >= 0.3 is 0 Å². The van der Waals surface area contributed by atoms with E-state index in [-0.39, 0.29) is 12.6 Å². The van der Waals surface area contributed by atoms with Crippen LogP contribution in [-0.4, -0.2) is 44.1 Å². The Morgan fingerprint density at radius 2 is 1.82 bits per heavy atom.